The Hall–Kier alpha value is -1.65. The number of fused-ring (bicyclic) bond motifs is 1. The summed E-state index contributed by atoms with van der Waals surface area (Å²) in [5.41, 5.74) is 0.947. The maximum atomic E-state index is 5.84. The molecule has 0 aliphatic heterocycles. The molecule has 4 heteroatoms. The predicted octanol–water partition coefficient (Wildman–Crippen LogP) is 1.85. The van der Waals surface area contributed by atoms with Gasteiger partial charge in [-0.3, -0.25) is 4.98 Å². The number of hydrogen-bond donors (Lipinski definition) is 1. The fourth-order valence-electron chi connectivity index (χ4n) is 1.81. The Bertz CT molecular complexity index is 497. The van der Waals surface area contributed by atoms with E-state index in [9.17, 15) is 0 Å². The smallest absolute Gasteiger partial charge is 0.128 e. The summed E-state index contributed by atoms with van der Waals surface area (Å²) < 4.78 is 11.0. The Morgan fingerprint density at radius 1 is 1.22 bits per heavy atom. The molecular weight excluding hydrogens is 228 g/mol. The van der Waals surface area contributed by atoms with Crippen LogP contribution in [-0.2, 0) is 4.74 Å². The zero-order valence-electron chi connectivity index (χ0n) is 10.7. The molecule has 2 rings (SSSR count). The molecule has 0 aliphatic carbocycles. The summed E-state index contributed by atoms with van der Waals surface area (Å²) in [4.78, 5) is 4.31. The van der Waals surface area contributed by atoms with Gasteiger partial charge in [0.2, 0.25) is 0 Å². The second kappa shape index (κ2) is 6.33. The number of nitrogens with one attached hydrogen (secondary N) is 1. The van der Waals surface area contributed by atoms with E-state index in [-0.39, 0.29) is 6.04 Å². The van der Waals surface area contributed by atoms with Crippen molar-refractivity contribution in [3.05, 3.63) is 36.5 Å². The summed E-state index contributed by atoms with van der Waals surface area (Å²) in [5, 5.41) is 4.19. The first-order valence-corrected chi connectivity index (χ1v) is 5.98. The lowest BCUT2D eigenvalue weighted by Crippen LogP contribution is -2.35. The lowest BCUT2D eigenvalue weighted by atomic mass is 10.2. The zero-order valence-corrected chi connectivity index (χ0v) is 10.7. The number of ether oxygens (including phenoxy) is 2. The Labute approximate surface area is 107 Å². The van der Waals surface area contributed by atoms with Gasteiger partial charge in [-0.1, -0.05) is 6.07 Å². The summed E-state index contributed by atoms with van der Waals surface area (Å²) in [6.45, 7) is 1.19. The lowest BCUT2D eigenvalue weighted by Gasteiger charge is -2.16. The molecule has 0 saturated carbocycles. The topological polar surface area (TPSA) is 43.4 Å². The fourth-order valence-corrected chi connectivity index (χ4v) is 1.81. The van der Waals surface area contributed by atoms with Crippen LogP contribution in [-0.4, -0.2) is 38.4 Å². The van der Waals surface area contributed by atoms with E-state index in [2.05, 4.69) is 10.3 Å². The highest BCUT2D eigenvalue weighted by Crippen LogP contribution is 2.23. The lowest BCUT2D eigenvalue weighted by molar-refractivity contribution is 0.140. The molecule has 0 spiro atoms. The van der Waals surface area contributed by atoms with Crippen molar-refractivity contribution in [3.8, 4) is 5.75 Å². The van der Waals surface area contributed by atoms with Gasteiger partial charge in [0.25, 0.3) is 0 Å². The van der Waals surface area contributed by atoms with Crippen molar-refractivity contribution in [1.29, 1.82) is 0 Å². The molecule has 1 unspecified atom stereocenters. The van der Waals surface area contributed by atoms with E-state index >= 15 is 0 Å². The Kier molecular flexibility index (Phi) is 4.50. The number of likely N-dealkylation sites (N-methyl/N-ethyl adjacent to an activating group) is 1. The van der Waals surface area contributed by atoms with Crippen LogP contribution < -0.4 is 10.1 Å². The minimum atomic E-state index is 0.182. The van der Waals surface area contributed by atoms with E-state index in [0.29, 0.717) is 13.2 Å². The maximum absolute atomic E-state index is 5.84. The van der Waals surface area contributed by atoms with Crippen molar-refractivity contribution in [3.63, 3.8) is 0 Å². The van der Waals surface area contributed by atoms with Gasteiger partial charge in [-0.15, -0.1) is 0 Å². The molecule has 1 N–H and O–H groups in total. The molecule has 0 radical (unpaired) electrons. The molecule has 96 valence electrons. The van der Waals surface area contributed by atoms with Gasteiger partial charge < -0.3 is 14.8 Å². The van der Waals surface area contributed by atoms with Gasteiger partial charge in [0.1, 0.15) is 12.4 Å². The third-order valence-corrected chi connectivity index (χ3v) is 2.82. The number of methoxy groups -OCH3 is 1. The first-order valence-electron chi connectivity index (χ1n) is 5.98. The normalized spacial score (nSPS) is 12.6. The van der Waals surface area contributed by atoms with Crippen molar-refractivity contribution in [2.24, 2.45) is 0 Å². The van der Waals surface area contributed by atoms with E-state index in [1.165, 1.54) is 0 Å². The summed E-state index contributed by atoms with van der Waals surface area (Å²) in [6.07, 6.45) is 1.79. The zero-order chi connectivity index (χ0) is 12.8. The number of benzene rings is 1. The van der Waals surface area contributed by atoms with E-state index in [0.717, 1.165) is 16.7 Å². The Morgan fingerprint density at radius 2 is 2.11 bits per heavy atom. The van der Waals surface area contributed by atoms with Gasteiger partial charge >= 0.3 is 0 Å². The third-order valence-electron chi connectivity index (χ3n) is 2.82. The minimum Gasteiger partial charge on any atom is -0.491 e. The molecule has 0 aliphatic rings. The summed E-state index contributed by atoms with van der Waals surface area (Å²) in [6, 6.07) is 10.0. The predicted molar refractivity (Wildman–Crippen MR) is 72.0 cm³/mol. The quantitative estimate of drug-likeness (QED) is 0.844. The molecule has 1 aromatic heterocycles. The number of aromatic nitrogens is 1. The molecule has 1 heterocycles. The molecule has 1 atom stereocenters. The second-order valence-corrected chi connectivity index (χ2v) is 4.08. The molecule has 0 fully saturated rings. The van der Waals surface area contributed by atoms with Crippen molar-refractivity contribution in [2.75, 3.05) is 27.4 Å². The average molecular weight is 246 g/mol. The first-order chi connectivity index (χ1) is 8.85. The van der Waals surface area contributed by atoms with Crippen molar-refractivity contribution in [2.45, 2.75) is 6.04 Å². The fraction of sp³-hybridized carbons (Fsp3) is 0.357. The van der Waals surface area contributed by atoms with Crippen LogP contribution in [0.4, 0.5) is 0 Å². The maximum Gasteiger partial charge on any atom is 0.128 e. The summed E-state index contributed by atoms with van der Waals surface area (Å²) in [7, 11) is 3.59. The SMILES string of the molecule is CNC(COC)COc1cccc2ncccc12. The van der Waals surface area contributed by atoms with Crippen LogP contribution in [0.1, 0.15) is 0 Å². The van der Waals surface area contributed by atoms with Crippen LogP contribution in [0.25, 0.3) is 10.9 Å². The van der Waals surface area contributed by atoms with Gasteiger partial charge in [-0.25, -0.2) is 0 Å². The molecule has 0 saturated heterocycles. The average Bonchev–Trinajstić information content (AvgIpc) is 2.43. The van der Waals surface area contributed by atoms with E-state index in [4.69, 9.17) is 9.47 Å². The molecule has 0 bridgehead atoms. The number of hydrogen-bond acceptors (Lipinski definition) is 4. The highest BCUT2D eigenvalue weighted by molar-refractivity contribution is 5.84. The van der Waals surface area contributed by atoms with Crippen LogP contribution >= 0.6 is 0 Å². The second-order valence-electron chi connectivity index (χ2n) is 4.08. The van der Waals surface area contributed by atoms with E-state index < -0.39 is 0 Å². The standard InChI is InChI=1S/C14H18N2O2/c1-15-11(9-17-2)10-18-14-7-3-6-13-12(14)5-4-8-16-13/h3-8,11,15H,9-10H2,1-2H3. The highest BCUT2D eigenvalue weighted by atomic mass is 16.5. The Morgan fingerprint density at radius 3 is 2.89 bits per heavy atom. The van der Waals surface area contributed by atoms with Crippen LogP contribution in [0.15, 0.2) is 36.5 Å². The van der Waals surface area contributed by atoms with E-state index in [1.807, 2.05) is 37.4 Å². The monoisotopic (exact) mass is 246 g/mol. The largest absolute Gasteiger partial charge is 0.491 e. The van der Waals surface area contributed by atoms with Gasteiger partial charge in [0.15, 0.2) is 0 Å². The van der Waals surface area contributed by atoms with Gasteiger partial charge in [0.05, 0.1) is 18.2 Å². The number of rotatable bonds is 6. The van der Waals surface area contributed by atoms with Gasteiger partial charge in [0, 0.05) is 18.7 Å². The minimum absolute atomic E-state index is 0.182. The molecule has 1 aromatic carbocycles. The summed E-state index contributed by atoms with van der Waals surface area (Å²) in [5.74, 6) is 0.858. The summed E-state index contributed by atoms with van der Waals surface area (Å²) >= 11 is 0. The highest BCUT2D eigenvalue weighted by Gasteiger charge is 2.08. The van der Waals surface area contributed by atoms with Crippen molar-refractivity contribution >= 4 is 10.9 Å². The van der Waals surface area contributed by atoms with Crippen molar-refractivity contribution in [1.82, 2.24) is 10.3 Å². The van der Waals surface area contributed by atoms with Crippen LogP contribution in [0.3, 0.4) is 0 Å². The number of pyridine rings is 1. The molecular formula is C14H18N2O2. The third kappa shape index (κ3) is 2.97. The van der Waals surface area contributed by atoms with Gasteiger partial charge in [-0.05, 0) is 31.3 Å². The van der Waals surface area contributed by atoms with Gasteiger partial charge in [-0.2, -0.15) is 0 Å². The van der Waals surface area contributed by atoms with Crippen LogP contribution in [0.2, 0.25) is 0 Å². The first kappa shape index (κ1) is 12.8. The Balaban J connectivity index is 2.11. The number of nitrogens with zero attached hydrogens (tertiary/aromatic N) is 1. The van der Waals surface area contributed by atoms with Crippen LogP contribution in [0, 0.1) is 0 Å². The molecule has 0 amide bonds. The van der Waals surface area contributed by atoms with E-state index in [1.54, 1.807) is 13.3 Å². The molecule has 4 nitrogen and oxygen atoms in total. The molecule has 18 heavy (non-hydrogen) atoms. The van der Waals surface area contributed by atoms with Crippen LogP contribution in [0.5, 0.6) is 5.75 Å². The van der Waals surface area contributed by atoms with Crippen molar-refractivity contribution < 1.29 is 9.47 Å². The molecule has 2 aromatic rings.